The fraction of sp³-hybridized carbons (Fsp3) is 0.321. The van der Waals surface area contributed by atoms with Crippen molar-refractivity contribution < 1.29 is 9.13 Å². The number of fused-ring (bicyclic) bond motifs is 2. The van der Waals surface area contributed by atoms with E-state index in [-0.39, 0.29) is 0 Å². The second-order valence-electron chi connectivity index (χ2n) is 9.97. The molecule has 2 aromatic heterocycles. The number of aromatic nitrogens is 3. The molecule has 0 radical (unpaired) electrons. The lowest BCUT2D eigenvalue weighted by atomic mass is 10.0. The fourth-order valence-electron chi connectivity index (χ4n) is 5.54. The lowest BCUT2D eigenvalue weighted by molar-refractivity contribution is 0.218. The number of anilines is 2. The number of halogens is 2. The summed E-state index contributed by atoms with van der Waals surface area (Å²) in [5.41, 5.74) is 3.06. The van der Waals surface area contributed by atoms with Gasteiger partial charge in [0.25, 0.3) is 0 Å². The Morgan fingerprint density at radius 1 is 1.05 bits per heavy atom. The van der Waals surface area contributed by atoms with E-state index in [1.807, 2.05) is 24.3 Å². The molecule has 4 heterocycles. The smallest absolute Gasteiger partial charge is 0.132 e. The molecule has 37 heavy (non-hydrogen) atoms. The first-order chi connectivity index (χ1) is 18.0. The first-order valence-electron chi connectivity index (χ1n) is 12.5. The zero-order valence-corrected chi connectivity index (χ0v) is 21.3. The van der Waals surface area contributed by atoms with Crippen molar-refractivity contribution in [2.45, 2.75) is 0 Å². The van der Waals surface area contributed by atoms with Gasteiger partial charge >= 0.3 is 0 Å². The van der Waals surface area contributed by atoms with Crippen LogP contribution in [-0.2, 0) is 0 Å². The number of benzene rings is 2. The molecule has 1 N–H and O–H groups in total. The number of nitrogens with one attached hydrogen (secondary N) is 1. The first-order valence-corrected chi connectivity index (χ1v) is 12.9. The molecular formula is C28H28ClFN6O. The Kier molecular flexibility index (Phi) is 6.63. The van der Waals surface area contributed by atoms with Gasteiger partial charge in [0.05, 0.1) is 23.1 Å². The maximum Gasteiger partial charge on any atom is 0.132 e. The van der Waals surface area contributed by atoms with Crippen molar-refractivity contribution in [1.29, 1.82) is 0 Å². The quantitative estimate of drug-likeness (QED) is 0.365. The van der Waals surface area contributed by atoms with E-state index in [0.29, 0.717) is 28.6 Å². The lowest BCUT2D eigenvalue weighted by Gasteiger charge is -2.19. The van der Waals surface area contributed by atoms with Gasteiger partial charge < -0.3 is 15.0 Å². The third-order valence-electron chi connectivity index (χ3n) is 7.27. The van der Waals surface area contributed by atoms with Crippen molar-refractivity contribution in [1.82, 2.24) is 25.0 Å². The molecule has 4 aromatic rings. The number of rotatable bonds is 7. The van der Waals surface area contributed by atoms with Crippen LogP contribution in [0.4, 0.5) is 15.8 Å². The van der Waals surface area contributed by atoms with Crippen LogP contribution in [-0.4, -0.2) is 71.4 Å². The van der Waals surface area contributed by atoms with Gasteiger partial charge in [0.2, 0.25) is 0 Å². The molecule has 6 rings (SSSR count). The summed E-state index contributed by atoms with van der Waals surface area (Å²) in [7, 11) is 2.22. The molecule has 9 heteroatoms. The number of hydrogen-bond acceptors (Lipinski definition) is 7. The maximum atomic E-state index is 14.3. The monoisotopic (exact) mass is 518 g/mol. The summed E-state index contributed by atoms with van der Waals surface area (Å²) in [5, 5.41) is 12.9. The van der Waals surface area contributed by atoms with Crippen molar-refractivity contribution in [3.63, 3.8) is 0 Å². The summed E-state index contributed by atoms with van der Waals surface area (Å²) in [6.07, 6.45) is 3.35. The minimum atomic E-state index is -0.405. The first kappa shape index (κ1) is 24.0. The van der Waals surface area contributed by atoms with E-state index in [2.05, 4.69) is 37.3 Å². The Hall–Kier alpha value is -3.33. The van der Waals surface area contributed by atoms with Crippen LogP contribution in [0.1, 0.15) is 0 Å². The second kappa shape index (κ2) is 10.2. The average molecular weight is 519 g/mol. The molecule has 7 nitrogen and oxygen atoms in total. The molecule has 0 bridgehead atoms. The van der Waals surface area contributed by atoms with Crippen molar-refractivity contribution >= 4 is 33.9 Å². The van der Waals surface area contributed by atoms with Gasteiger partial charge in [-0.3, -0.25) is 9.88 Å². The van der Waals surface area contributed by atoms with Crippen LogP contribution in [0.2, 0.25) is 5.02 Å². The number of hydrogen-bond donors (Lipinski definition) is 1. The molecule has 0 saturated carbocycles. The van der Waals surface area contributed by atoms with Crippen LogP contribution in [0, 0.1) is 17.7 Å². The van der Waals surface area contributed by atoms with Gasteiger partial charge in [0, 0.05) is 66.6 Å². The van der Waals surface area contributed by atoms with E-state index in [4.69, 9.17) is 16.3 Å². The molecule has 2 saturated heterocycles. The molecule has 2 atom stereocenters. The van der Waals surface area contributed by atoms with Gasteiger partial charge in [-0.2, -0.15) is 10.2 Å². The minimum absolute atomic E-state index is 0.300. The van der Waals surface area contributed by atoms with Gasteiger partial charge in [-0.05, 0) is 61.3 Å². The predicted octanol–water partition coefficient (Wildman–Crippen LogP) is 5.10. The molecule has 2 aliphatic heterocycles. The number of pyridine rings is 1. The fourth-order valence-corrected chi connectivity index (χ4v) is 5.71. The molecule has 2 aromatic carbocycles. The highest BCUT2D eigenvalue weighted by Crippen LogP contribution is 2.31. The van der Waals surface area contributed by atoms with Crippen molar-refractivity contribution in [2.24, 2.45) is 11.8 Å². The van der Waals surface area contributed by atoms with Crippen LogP contribution >= 0.6 is 11.6 Å². The van der Waals surface area contributed by atoms with E-state index in [9.17, 15) is 4.39 Å². The van der Waals surface area contributed by atoms with E-state index < -0.39 is 5.82 Å². The number of ether oxygens (including phenoxy) is 1. The van der Waals surface area contributed by atoms with Gasteiger partial charge in [0.1, 0.15) is 18.2 Å². The Bertz CT molecular complexity index is 1420. The summed E-state index contributed by atoms with van der Waals surface area (Å²) in [4.78, 5) is 9.50. The standard InChI is InChI=1S/C28H28ClFN6O/c1-35-14-18-16-36(17-19(18)15-35)8-9-37-22-3-4-23-26(6-7-31-27(23)12-22)33-21-11-28(34-32-13-21)24-10-20(29)2-5-25(24)30/h2-7,10-13,18-19H,8-9,14-17H2,1H3,(H,31,33,34)/t18-,19+. The van der Waals surface area contributed by atoms with Gasteiger partial charge in [-0.15, -0.1) is 0 Å². The minimum Gasteiger partial charge on any atom is -0.492 e. The van der Waals surface area contributed by atoms with E-state index >= 15 is 0 Å². The SMILES string of the molecule is CN1C[C@@H]2CN(CCOc3ccc4c(Nc5cnnc(-c6cc(Cl)ccc6F)c5)ccnc4c3)C[C@@H]2C1. The Labute approximate surface area is 220 Å². The predicted molar refractivity (Wildman–Crippen MR) is 144 cm³/mol. The molecule has 2 aliphatic rings. The highest BCUT2D eigenvalue weighted by atomic mass is 35.5. The summed E-state index contributed by atoms with van der Waals surface area (Å²) in [6.45, 7) is 6.36. The molecule has 190 valence electrons. The Morgan fingerprint density at radius 2 is 1.89 bits per heavy atom. The van der Waals surface area contributed by atoms with Gasteiger partial charge in [-0.25, -0.2) is 4.39 Å². The Balaban J connectivity index is 1.13. The summed E-state index contributed by atoms with van der Waals surface area (Å²) < 4.78 is 20.4. The van der Waals surface area contributed by atoms with Gasteiger partial charge in [0.15, 0.2) is 0 Å². The zero-order chi connectivity index (χ0) is 25.4. The summed E-state index contributed by atoms with van der Waals surface area (Å²) in [6, 6.07) is 14.0. The van der Waals surface area contributed by atoms with Gasteiger partial charge in [-0.1, -0.05) is 11.6 Å². The number of likely N-dealkylation sites (tertiary alicyclic amines) is 2. The van der Waals surface area contributed by atoms with Crippen LogP contribution in [0.3, 0.4) is 0 Å². The normalized spacial score (nSPS) is 19.9. The van der Waals surface area contributed by atoms with E-state index in [1.54, 1.807) is 24.5 Å². The van der Waals surface area contributed by atoms with E-state index in [0.717, 1.165) is 40.7 Å². The maximum absolute atomic E-state index is 14.3. The third kappa shape index (κ3) is 5.23. The van der Waals surface area contributed by atoms with E-state index in [1.165, 1.54) is 38.3 Å². The molecular weight excluding hydrogens is 491 g/mol. The van der Waals surface area contributed by atoms with Crippen LogP contribution in [0.5, 0.6) is 5.75 Å². The summed E-state index contributed by atoms with van der Waals surface area (Å²) >= 11 is 6.05. The van der Waals surface area contributed by atoms with Crippen molar-refractivity contribution in [3.05, 3.63) is 71.8 Å². The molecule has 2 fully saturated rings. The molecule has 0 amide bonds. The zero-order valence-electron chi connectivity index (χ0n) is 20.6. The Morgan fingerprint density at radius 3 is 2.73 bits per heavy atom. The topological polar surface area (TPSA) is 66.4 Å². The molecule has 0 unspecified atom stereocenters. The highest BCUT2D eigenvalue weighted by molar-refractivity contribution is 6.30. The summed E-state index contributed by atoms with van der Waals surface area (Å²) in [5.74, 6) is 2.01. The molecule has 0 aliphatic carbocycles. The largest absolute Gasteiger partial charge is 0.492 e. The third-order valence-corrected chi connectivity index (χ3v) is 7.51. The molecule has 0 spiro atoms. The second-order valence-corrected chi connectivity index (χ2v) is 10.4. The average Bonchev–Trinajstić information content (AvgIpc) is 3.42. The van der Waals surface area contributed by atoms with Crippen LogP contribution < -0.4 is 10.1 Å². The number of nitrogens with zero attached hydrogens (tertiary/aromatic N) is 5. The van der Waals surface area contributed by atoms with Crippen LogP contribution in [0.25, 0.3) is 22.2 Å². The van der Waals surface area contributed by atoms with Crippen molar-refractivity contribution in [3.8, 4) is 17.0 Å². The van der Waals surface area contributed by atoms with Crippen LogP contribution in [0.15, 0.2) is 60.9 Å². The van der Waals surface area contributed by atoms with Crippen molar-refractivity contribution in [2.75, 3.05) is 51.7 Å². The lowest BCUT2D eigenvalue weighted by Crippen LogP contribution is -2.30. The highest BCUT2D eigenvalue weighted by Gasteiger charge is 2.38.